The van der Waals surface area contributed by atoms with Crippen molar-refractivity contribution in [3.8, 4) is 0 Å². The number of benzene rings is 1. The van der Waals surface area contributed by atoms with Gasteiger partial charge in [0.25, 0.3) is 0 Å². The minimum absolute atomic E-state index is 0.0789. The third-order valence-corrected chi connectivity index (χ3v) is 5.78. The number of carbonyl (C=O) groups is 1. The first kappa shape index (κ1) is 19.2. The van der Waals surface area contributed by atoms with Gasteiger partial charge in [-0.2, -0.15) is 4.72 Å². The summed E-state index contributed by atoms with van der Waals surface area (Å²) in [6, 6.07) is 5.33. The third-order valence-electron chi connectivity index (χ3n) is 4.08. The van der Waals surface area contributed by atoms with E-state index in [4.69, 9.17) is 11.6 Å². The van der Waals surface area contributed by atoms with Gasteiger partial charge in [0.05, 0.1) is 4.90 Å². The van der Waals surface area contributed by atoms with Gasteiger partial charge in [-0.25, -0.2) is 8.42 Å². The highest BCUT2D eigenvalue weighted by Gasteiger charge is 2.30. The first-order valence-electron chi connectivity index (χ1n) is 8.36. The standard InChI is InChI=1S/C17H25ClN2O3S/c1-13(2)11-16(17(21)20-9-4-3-5-10-20)19-24(22,23)15-8-6-7-14(18)12-15/h6-8,12-13,16,19H,3-5,9-11H2,1-2H3/t16-/m0/s1. The Morgan fingerprint density at radius 1 is 1.25 bits per heavy atom. The molecule has 0 radical (unpaired) electrons. The maximum atomic E-state index is 12.8. The van der Waals surface area contributed by atoms with E-state index in [1.807, 2.05) is 13.8 Å². The van der Waals surface area contributed by atoms with E-state index in [-0.39, 0.29) is 16.7 Å². The molecule has 0 aliphatic carbocycles. The fraction of sp³-hybridized carbons (Fsp3) is 0.588. The Balaban J connectivity index is 2.19. The molecular formula is C17H25ClN2O3S. The van der Waals surface area contributed by atoms with E-state index in [0.717, 1.165) is 19.3 Å². The second kappa shape index (κ2) is 8.32. The average Bonchev–Trinajstić information content (AvgIpc) is 2.54. The number of piperidine rings is 1. The minimum Gasteiger partial charge on any atom is -0.341 e. The topological polar surface area (TPSA) is 66.5 Å². The smallest absolute Gasteiger partial charge is 0.241 e. The van der Waals surface area contributed by atoms with Crippen molar-refractivity contribution < 1.29 is 13.2 Å². The molecule has 1 heterocycles. The Hall–Kier alpha value is -1.11. The van der Waals surface area contributed by atoms with Crippen LogP contribution in [-0.2, 0) is 14.8 Å². The van der Waals surface area contributed by atoms with Crippen molar-refractivity contribution in [2.24, 2.45) is 5.92 Å². The highest BCUT2D eigenvalue weighted by Crippen LogP contribution is 2.19. The van der Waals surface area contributed by atoms with Crippen LogP contribution >= 0.6 is 11.6 Å². The Labute approximate surface area is 149 Å². The molecule has 0 unspecified atom stereocenters. The summed E-state index contributed by atoms with van der Waals surface area (Å²) >= 11 is 5.89. The molecule has 1 aromatic carbocycles. The first-order chi connectivity index (χ1) is 11.3. The Morgan fingerprint density at radius 3 is 2.50 bits per heavy atom. The summed E-state index contributed by atoms with van der Waals surface area (Å²) in [5, 5.41) is 0.348. The Kier molecular flexibility index (Phi) is 6.66. The zero-order valence-electron chi connectivity index (χ0n) is 14.2. The summed E-state index contributed by atoms with van der Waals surface area (Å²) in [6.45, 7) is 5.35. The number of halogens is 1. The van der Waals surface area contributed by atoms with Gasteiger partial charge in [0.15, 0.2) is 0 Å². The van der Waals surface area contributed by atoms with Gasteiger partial charge in [0, 0.05) is 18.1 Å². The molecule has 1 amide bonds. The molecule has 0 bridgehead atoms. The van der Waals surface area contributed by atoms with Crippen molar-refractivity contribution in [2.75, 3.05) is 13.1 Å². The van der Waals surface area contributed by atoms with Crippen LogP contribution in [0.4, 0.5) is 0 Å². The largest absolute Gasteiger partial charge is 0.341 e. The van der Waals surface area contributed by atoms with Crippen LogP contribution < -0.4 is 4.72 Å². The van der Waals surface area contributed by atoms with Crippen molar-refractivity contribution in [3.05, 3.63) is 29.3 Å². The van der Waals surface area contributed by atoms with Crippen LogP contribution in [0.25, 0.3) is 0 Å². The maximum absolute atomic E-state index is 12.8. The molecule has 1 aliphatic heterocycles. The fourth-order valence-electron chi connectivity index (χ4n) is 2.89. The monoisotopic (exact) mass is 372 g/mol. The van der Waals surface area contributed by atoms with Crippen LogP contribution in [0.3, 0.4) is 0 Å². The Bertz CT molecular complexity index is 670. The van der Waals surface area contributed by atoms with E-state index in [1.165, 1.54) is 12.1 Å². The number of likely N-dealkylation sites (tertiary alicyclic amines) is 1. The molecule has 1 fully saturated rings. The zero-order chi connectivity index (χ0) is 17.7. The molecule has 1 N–H and O–H groups in total. The fourth-order valence-corrected chi connectivity index (χ4v) is 4.40. The lowest BCUT2D eigenvalue weighted by Gasteiger charge is -2.31. The number of nitrogens with one attached hydrogen (secondary N) is 1. The van der Waals surface area contributed by atoms with Crippen molar-refractivity contribution in [2.45, 2.75) is 50.5 Å². The number of amides is 1. The van der Waals surface area contributed by atoms with Crippen LogP contribution in [0.15, 0.2) is 29.2 Å². The molecule has 134 valence electrons. The molecule has 5 nitrogen and oxygen atoms in total. The van der Waals surface area contributed by atoms with E-state index in [9.17, 15) is 13.2 Å². The summed E-state index contributed by atoms with van der Waals surface area (Å²) < 4.78 is 27.8. The van der Waals surface area contributed by atoms with Gasteiger partial charge in [-0.15, -0.1) is 0 Å². The number of rotatable bonds is 6. The van der Waals surface area contributed by atoms with Gasteiger partial charge in [-0.1, -0.05) is 31.5 Å². The van der Waals surface area contributed by atoms with Crippen LogP contribution in [0.1, 0.15) is 39.5 Å². The lowest BCUT2D eigenvalue weighted by molar-refractivity contribution is -0.134. The molecule has 0 spiro atoms. The SMILES string of the molecule is CC(C)C[C@H](NS(=O)(=O)c1cccc(Cl)c1)C(=O)N1CCCCC1. The molecule has 24 heavy (non-hydrogen) atoms. The van der Waals surface area contributed by atoms with Gasteiger partial charge in [-0.05, 0) is 49.8 Å². The molecular weight excluding hydrogens is 348 g/mol. The van der Waals surface area contributed by atoms with E-state index >= 15 is 0 Å². The predicted octanol–water partition coefficient (Wildman–Crippen LogP) is 3.05. The summed E-state index contributed by atoms with van der Waals surface area (Å²) in [5.74, 6) is 0.0693. The van der Waals surface area contributed by atoms with E-state index in [0.29, 0.717) is 24.5 Å². The molecule has 0 aromatic heterocycles. The summed E-state index contributed by atoms with van der Waals surface area (Å²) in [6.07, 6.45) is 3.53. The summed E-state index contributed by atoms with van der Waals surface area (Å²) in [7, 11) is -3.79. The van der Waals surface area contributed by atoms with E-state index in [2.05, 4.69) is 4.72 Å². The van der Waals surface area contributed by atoms with Crippen LogP contribution in [0.5, 0.6) is 0 Å². The van der Waals surface area contributed by atoms with Crippen molar-refractivity contribution in [1.82, 2.24) is 9.62 Å². The number of sulfonamides is 1. The second-order valence-electron chi connectivity index (χ2n) is 6.65. The highest BCUT2D eigenvalue weighted by atomic mass is 35.5. The molecule has 7 heteroatoms. The molecule has 2 rings (SSSR count). The molecule has 1 aromatic rings. The van der Waals surface area contributed by atoms with E-state index < -0.39 is 16.1 Å². The number of carbonyl (C=O) groups excluding carboxylic acids is 1. The molecule has 0 saturated carbocycles. The maximum Gasteiger partial charge on any atom is 0.241 e. The van der Waals surface area contributed by atoms with Gasteiger partial charge >= 0.3 is 0 Å². The third kappa shape index (κ3) is 5.19. The van der Waals surface area contributed by atoms with Crippen molar-refractivity contribution in [3.63, 3.8) is 0 Å². The number of nitrogens with zero attached hydrogens (tertiary/aromatic N) is 1. The normalized spacial score (nSPS) is 17.1. The first-order valence-corrected chi connectivity index (χ1v) is 10.2. The van der Waals surface area contributed by atoms with Gasteiger partial charge < -0.3 is 4.90 Å². The second-order valence-corrected chi connectivity index (χ2v) is 8.80. The van der Waals surface area contributed by atoms with Gasteiger partial charge in [0.2, 0.25) is 15.9 Å². The highest BCUT2D eigenvalue weighted by molar-refractivity contribution is 7.89. The lowest BCUT2D eigenvalue weighted by atomic mass is 10.0. The number of hydrogen-bond acceptors (Lipinski definition) is 3. The molecule has 1 atom stereocenters. The minimum atomic E-state index is -3.79. The lowest BCUT2D eigenvalue weighted by Crippen LogP contribution is -2.50. The average molecular weight is 373 g/mol. The van der Waals surface area contributed by atoms with Gasteiger partial charge in [0.1, 0.15) is 6.04 Å². The van der Waals surface area contributed by atoms with Crippen LogP contribution in [0.2, 0.25) is 5.02 Å². The van der Waals surface area contributed by atoms with Crippen molar-refractivity contribution >= 4 is 27.5 Å². The van der Waals surface area contributed by atoms with E-state index in [1.54, 1.807) is 17.0 Å². The predicted molar refractivity (Wildman–Crippen MR) is 95.4 cm³/mol. The zero-order valence-corrected chi connectivity index (χ0v) is 15.7. The van der Waals surface area contributed by atoms with Crippen molar-refractivity contribution in [1.29, 1.82) is 0 Å². The van der Waals surface area contributed by atoms with Gasteiger partial charge in [-0.3, -0.25) is 4.79 Å². The van der Waals surface area contributed by atoms with Crippen LogP contribution in [-0.4, -0.2) is 38.4 Å². The summed E-state index contributed by atoms with van der Waals surface area (Å²) in [4.78, 5) is 14.6. The Morgan fingerprint density at radius 2 is 1.92 bits per heavy atom. The molecule has 1 saturated heterocycles. The quantitative estimate of drug-likeness (QED) is 0.834. The number of hydrogen-bond donors (Lipinski definition) is 1. The van der Waals surface area contributed by atoms with Crippen LogP contribution in [0, 0.1) is 5.92 Å². The molecule has 1 aliphatic rings. The summed E-state index contributed by atoms with van der Waals surface area (Å²) in [5.41, 5.74) is 0.